The third-order valence-corrected chi connectivity index (χ3v) is 6.08. The molecule has 1 unspecified atom stereocenters. The topological polar surface area (TPSA) is 75.6 Å². The van der Waals surface area contributed by atoms with Crippen LogP contribution in [0.3, 0.4) is 0 Å². The third-order valence-electron chi connectivity index (χ3n) is 5.84. The van der Waals surface area contributed by atoms with Gasteiger partial charge in [0.2, 0.25) is 0 Å². The number of carboxylic acids is 1. The Morgan fingerprint density at radius 2 is 1.81 bits per heavy atom. The second kappa shape index (κ2) is 6.57. The van der Waals surface area contributed by atoms with Gasteiger partial charge in [0.15, 0.2) is 0 Å². The highest BCUT2D eigenvalue weighted by atomic mass is 35.5. The molecule has 3 saturated carbocycles. The molecule has 0 radical (unpaired) electrons. The van der Waals surface area contributed by atoms with Crippen LogP contribution in [0.2, 0.25) is 5.02 Å². The number of halogens is 1. The minimum Gasteiger partial charge on any atom is -0.480 e. The molecule has 0 spiro atoms. The first-order chi connectivity index (χ1) is 12.9. The molecule has 2 bridgehead atoms. The van der Waals surface area contributed by atoms with Crippen LogP contribution < -0.4 is 5.32 Å². The maximum atomic E-state index is 12.1. The van der Waals surface area contributed by atoms with E-state index < -0.39 is 23.5 Å². The number of amides is 1. The van der Waals surface area contributed by atoms with Crippen molar-refractivity contribution < 1.29 is 19.4 Å². The van der Waals surface area contributed by atoms with E-state index in [0.717, 1.165) is 30.4 Å². The highest BCUT2D eigenvalue weighted by molar-refractivity contribution is 6.30. The highest BCUT2D eigenvalue weighted by Crippen LogP contribution is 2.75. The molecule has 3 fully saturated rings. The Bertz CT molecular complexity index is 863. The van der Waals surface area contributed by atoms with Crippen molar-refractivity contribution in [2.24, 2.45) is 5.41 Å². The van der Waals surface area contributed by atoms with Crippen molar-refractivity contribution in [3.05, 3.63) is 70.7 Å². The molecule has 0 aromatic heterocycles. The lowest BCUT2D eigenvalue weighted by Crippen LogP contribution is -2.73. The summed E-state index contributed by atoms with van der Waals surface area (Å²) >= 11 is 6.08. The monoisotopic (exact) mass is 385 g/mol. The zero-order valence-corrected chi connectivity index (χ0v) is 15.4. The van der Waals surface area contributed by atoms with Gasteiger partial charge in [0.1, 0.15) is 12.6 Å². The van der Waals surface area contributed by atoms with Gasteiger partial charge in [0.25, 0.3) is 0 Å². The first-order valence-electron chi connectivity index (χ1n) is 8.89. The van der Waals surface area contributed by atoms with Crippen LogP contribution in [0.5, 0.6) is 0 Å². The molecule has 0 heterocycles. The minimum absolute atomic E-state index is 0.00573. The Balaban J connectivity index is 1.37. The number of carboxylic acid groups (broad SMARTS) is 1. The summed E-state index contributed by atoms with van der Waals surface area (Å²) in [6.45, 7) is 0.110. The molecule has 1 amide bonds. The molecular formula is C21H20ClNO4. The van der Waals surface area contributed by atoms with Crippen molar-refractivity contribution in [1.29, 1.82) is 0 Å². The van der Waals surface area contributed by atoms with E-state index in [-0.39, 0.29) is 12.0 Å². The van der Waals surface area contributed by atoms with E-state index in [0.29, 0.717) is 5.02 Å². The lowest BCUT2D eigenvalue weighted by atomic mass is 9.31. The molecule has 27 heavy (non-hydrogen) atoms. The van der Waals surface area contributed by atoms with Crippen LogP contribution in [0.15, 0.2) is 54.6 Å². The summed E-state index contributed by atoms with van der Waals surface area (Å²) in [6.07, 6.45) is 1.50. The maximum absolute atomic E-state index is 12.1. The number of nitrogens with one attached hydrogen (secondary N) is 1. The van der Waals surface area contributed by atoms with Crippen LogP contribution in [0.25, 0.3) is 0 Å². The van der Waals surface area contributed by atoms with Crippen LogP contribution >= 0.6 is 11.6 Å². The van der Waals surface area contributed by atoms with Crippen LogP contribution in [-0.2, 0) is 21.6 Å². The molecule has 140 valence electrons. The fourth-order valence-corrected chi connectivity index (χ4v) is 4.85. The molecule has 3 aliphatic carbocycles. The number of rotatable bonds is 6. The van der Waals surface area contributed by atoms with Gasteiger partial charge in [-0.25, -0.2) is 9.59 Å². The Morgan fingerprint density at radius 3 is 2.44 bits per heavy atom. The molecular weight excluding hydrogens is 366 g/mol. The van der Waals surface area contributed by atoms with Gasteiger partial charge in [-0.2, -0.15) is 0 Å². The van der Waals surface area contributed by atoms with Gasteiger partial charge in [-0.1, -0.05) is 54.1 Å². The smallest absolute Gasteiger partial charge is 0.408 e. The lowest BCUT2D eigenvalue weighted by Gasteiger charge is -2.72. The van der Waals surface area contributed by atoms with Crippen LogP contribution in [0.1, 0.15) is 30.4 Å². The zero-order chi connectivity index (χ0) is 19.1. The third kappa shape index (κ3) is 3.16. The Labute approximate surface area is 162 Å². The maximum Gasteiger partial charge on any atom is 0.408 e. The number of carbonyl (C=O) groups is 2. The predicted octanol–water partition coefficient (Wildman–Crippen LogP) is 4.14. The van der Waals surface area contributed by atoms with Gasteiger partial charge in [-0.05, 0) is 47.9 Å². The number of alkyl carbamates (subject to hydrolysis) is 1. The minimum atomic E-state index is -1.02. The van der Waals surface area contributed by atoms with Crippen molar-refractivity contribution in [3.63, 3.8) is 0 Å². The number of hydrogen-bond donors (Lipinski definition) is 2. The standard InChI is InChI=1S/C21H20ClNO4/c22-16-8-4-7-15(9-16)20-11-21(12-20,13-20)17(18(24)25)23-19(26)27-10-14-5-2-1-3-6-14/h1-9,17H,10-13H2,(H,23,26)(H,24,25). The number of hydrogen-bond acceptors (Lipinski definition) is 3. The van der Waals surface area contributed by atoms with Crippen molar-refractivity contribution in [2.45, 2.75) is 37.3 Å². The normalized spacial score (nSPS) is 26.3. The number of aliphatic carboxylic acids is 1. The second-order valence-corrected chi connectivity index (χ2v) is 8.10. The number of benzene rings is 2. The van der Waals surface area contributed by atoms with Gasteiger partial charge in [0.05, 0.1) is 0 Å². The van der Waals surface area contributed by atoms with Crippen LogP contribution in [0.4, 0.5) is 4.79 Å². The molecule has 2 aromatic rings. The van der Waals surface area contributed by atoms with E-state index >= 15 is 0 Å². The van der Waals surface area contributed by atoms with Crippen LogP contribution in [0, 0.1) is 5.41 Å². The first kappa shape index (κ1) is 17.9. The summed E-state index contributed by atoms with van der Waals surface area (Å²) in [5, 5.41) is 12.9. The van der Waals surface area contributed by atoms with E-state index in [1.807, 2.05) is 54.6 Å². The summed E-state index contributed by atoms with van der Waals surface area (Å²) in [4.78, 5) is 23.9. The van der Waals surface area contributed by atoms with E-state index in [2.05, 4.69) is 5.32 Å². The SMILES string of the molecule is O=C(NC(C(=O)O)C12CC(c3cccc(Cl)c3)(C1)C2)OCc1ccccc1. The summed E-state index contributed by atoms with van der Waals surface area (Å²) in [5.41, 5.74) is 1.59. The van der Waals surface area contributed by atoms with Gasteiger partial charge in [-0.3, -0.25) is 0 Å². The molecule has 6 heteroatoms. The zero-order valence-electron chi connectivity index (χ0n) is 14.7. The van der Waals surface area contributed by atoms with Gasteiger partial charge in [-0.15, -0.1) is 0 Å². The van der Waals surface area contributed by atoms with Crippen molar-refractivity contribution >= 4 is 23.7 Å². The van der Waals surface area contributed by atoms with Crippen molar-refractivity contribution in [2.75, 3.05) is 0 Å². The fraction of sp³-hybridized carbons (Fsp3) is 0.333. The highest BCUT2D eigenvalue weighted by Gasteiger charge is 2.72. The largest absolute Gasteiger partial charge is 0.480 e. The van der Waals surface area contributed by atoms with E-state index in [1.165, 1.54) is 0 Å². The summed E-state index contributed by atoms with van der Waals surface area (Å²) in [7, 11) is 0. The molecule has 5 rings (SSSR count). The van der Waals surface area contributed by atoms with Gasteiger partial charge in [0, 0.05) is 10.4 Å². The predicted molar refractivity (Wildman–Crippen MR) is 101 cm³/mol. The summed E-state index contributed by atoms with van der Waals surface area (Å²) in [6, 6.07) is 16.1. The van der Waals surface area contributed by atoms with Gasteiger partial charge >= 0.3 is 12.1 Å². The molecule has 5 nitrogen and oxygen atoms in total. The van der Waals surface area contributed by atoms with E-state index in [4.69, 9.17) is 16.3 Å². The van der Waals surface area contributed by atoms with E-state index in [9.17, 15) is 14.7 Å². The average molecular weight is 386 g/mol. The molecule has 0 aliphatic heterocycles. The van der Waals surface area contributed by atoms with Crippen molar-refractivity contribution in [1.82, 2.24) is 5.32 Å². The van der Waals surface area contributed by atoms with Crippen LogP contribution in [-0.4, -0.2) is 23.2 Å². The number of carbonyl (C=O) groups excluding carboxylic acids is 1. The Morgan fingerprint density at radius 1 is 1.11 bits per heavy atom. The first-order valence-corrected chi connectivity index (χ1v) is 9.26. The fourth-order valence-electron chi connectivity index (χ4n) is 4.66. The second-order valence-electron chi connectivity index (χ2n) is 7.66. The lowest BCUT2D eigenvalue weighted by molar-refractivity contribution is -0.183. The molecule has 2 aromatic carbocycles. The molecule has 0 saturated heterocycles. The Hall–Kier alpha value is -2.53. The average Bonchev–Trinajstić information content (AvgIpc) is 2.58. The number of ether oxygens (including phenoxy) is 1. The summed E-state index contributed by atoms with van der Waals surface area (Å²) < 4.78 is 5.18. The summed E-state index contributed by atoms with van der Waals surface area (Å²) in [5.74, 6) is -1.02. The molecule has 2 N–H and O–H groups in total. The van der Waals surface area contributed by atoms with Gasteiger partial charge < -0.3 is 15.2 Å². The Kier molecular flexibility index (Phi) is 4.35. The molecule has 3 aliphatic rings. The molecule has 1 atom stereocenters. The van der Waals surface area contributed by atoms with E-state index in [1.54, 1.807) is 0 Å². The quantitative estimate of drug-likeness (QED) is 0.783. The van der Waals surface area contributed by atoms with Crippen molar-refractivity contribution in [3.8, 4) is 0 Å².